The van der Waals surface area contributed by atoms with Crippen LogP contribution < -0.4 is 10.9 Å². The summed E-state index contributed by atoms with van der Waals surface area (Å²) in [6.07, 6.45) is 3.99. The molecule has 2 aromatic heterocycles. The van der Waals surface area contributed by atoms with Gasteiger partial charge in [-0.25, -0.2) is 4.98 Å². The summed E-state index contributed by atoms with van der Waals surface area (Å²) in [5.41, 5.74) is 0.589. The first kappa shape index (κ1) is 10.3. The molecule has 17 heavy (non-hydrogen) atoms. The Morgan fingerprint density at radius 2 is 2.41 bits per heavy atom. The minimum absolute atomic E-state index is 0.154. The first-order chi connectivity index (χ1) is 8.31. The van der Waals surface area contributed by atoms with Crippen molar-refractivity contribution in [1.29, 1.82) is 0 Å². The van der Waals surface area contributed by atoms with Crippen LogP contribution in [-0.2, 0) is 6.54 Å². The van der Waals surface area contributed by atoms with Crippen LogP contribution in [0.3, 0.4) is 0 Å². The Morgan fingerprint density at radius 3 is 3.12 bits per heavy atom. The van der Waals surface area contributed by atoms with Crippen molar-refractivity contribution < 1.29 is 4.42 Å². The number of aromatic nitrogens is 2. The monoisotopic (exact) mass is 231 g/mol. The van der Waals surface area contributed by atoms with Crippen molar-refractivity contribution >= 4 is 0 Å². The zero-order valence-electron chi connectivity index (χ0n) is 9.27. The van der Waals surface area contributed by atoms with E-state index >= 15 is 0 Å². The van der Waals surface area contributed by atoms with Crippen LogP contribution in [0.15, 0.2) is 33.7 Å². The van der Waals surface area contributed by atoms with Crippen molar-refractivity contribution in [1.82, 2.24) is 15.3 Å². The second kappa shape index (κ2) is 4.18. The lowest BCUT2D eigenvalue weighted by Crippen LogP contribution is -2.19. The van der Waals surface area contributed by atoms with E-state index in [0.717, 1.165) is 5.69 Å². The molecule has 0 aliphatic heterocycles. The minimum atomic E-state index is -0.154. The number of aromatic amines is 1. The van der Waals surface area contributed by atoms with E-state index in [9.17, 15) is 4.79 Å². The SMILES string of the molecule is O=c1cc(CNC2CC2)nc(-c2ccco2)[nH]1. The fraction of sp³-hybridized carbons (Fsp3) is 0.333. The van der Waals surface area contributed by atoms with Gasteiger partial charge >= 0.3 is 0 Å². The van der Waals surface area contributed by atoms with Crippen molar-refractivity contribution in [3.8, 4) is 11.6 Å². The molecular formula is C12H13N3O2. The third-order valence-electron chi connectivity index (χ3n) is 2.70. The van der Waals surface area contributed by atoms with Gasteiger partial charge in [0.05, 0.1) is 12.0 Å². The molecule has 88 valence electrons. The summed E-state index contributed by atoms with van der Waals surface area (Å²) in [6, 6.07) is 5.66. The van der Waals surface area contributed by atoms with Gasteiger partial charge in [0.2, 0.25) is 0 Å². The van der Waals surface area contributed by atoms with Gasteiger partial charge in [0, 0.05) is 18.7 Å². The molecule has 5 nitrogen and oxygen atoms in total. The summed E-state index contributed by atoms with van der Waals surface area (Å²) in [5, 5.41) is 3.33. The normalized spacial score (nSPS) is 15.1. The molecule has 1 fully saturated rings. The first-order valence-electron chi connectivity index (χ1n) is 5.69. The Morgan fingerprint density at radius 1 is 1.53 bits per heavy atom. The Hall–Kier alpha value is -1.88. The van der Waals surface area contributed by atoms with E-state index in [4.69, 9.17) is 4.42 Å². The van der Waals surface area contributed by atoms with Gasteiger partial charge in [-0.05, 0) is 25.0 Å². The first-order valence-corrected chi connectivity index (χ1v) is 5.69. The molecule has 0 saturated heterocycles. The average Bonchev–Trinajstić information content (AvgIpc) is 2.98. The molecule has 0 spiro atoms. The number of H-pyrrole nitrogens is 1. The van der Waals surface area contributed by atoms with Gasteiger partial charge in [-0.15, -0.1) is 0 Å². The van der Waals surface area contributed by atoms with Crippen LogP contribution in [-0.4, -0.2) is 16.0 Å². The molecule has 2 heterocycles. The number of nitrogens with zero attached hydrogens (tertiary/aromatic N) is 1. The molecule has 0 amide bonds. The molecule has 2 N–H and O–H groups in total. The Kier molecular flexibility index (Phi) is 2.53. The summed E-state index contributed by atoms with van der Waals surface area (Å²) < 4.78 is 5.21. The molecule has 0 atom stereocenters. The van der Waals surface area contributed by atoms with Crippen molar-refractivity contribution in [2.24, 2.45) is 0 Å². The highest BCUT2D eigenvalue weighted by molar-refractivity contribution is 5.45. The standard InChI is InChI=1S/C12H13N3O2/c16-11-6-9(7-13-8-3-4-8)14-12(15-11)10-2-1-5-17-10/h1-2,5-6,8,13H,3-4,7H2,(H,14,15,16). The van der Waals surface area contributed by atoms with Crippen LogP contribution in [0.25, 0.3) is 11.6 Å². The smallest absolute Gasteiger partial charge is 0.251 e. The number of hydrogen-bond acceptors (Lipinski definition) is 4. The van der Waals surface area contributed by atoms with Crippen molar-refractivity contribution in [3.63, 3.8) is 0 Å². The van der Waals surface area contributed by atoms with Crippen LogP contribution in [0.4, 0.5) is 0 Å². The maximum atomic E-state index is 11.5. The second-order valence-electron chi connectivity index (χ2n) is 4.22. The highest BCUT2D eigenvalue weighted by Crippen LogP contribution is 2.19. The van der Waals surface area contributed by atoms with E-state index in [2.05, 4.69) is 15.3 Å². The van der Waals surface area contributed by atoms with Gasteiger partial charge < -0.3 is 14.7 Å². The van der Waals surface area contributed by atoms with E-state index in [1.54, 1.807) is 18.4 Å². The lowest BCUT2D eigenvalue weighted by molar-refractivity contribution is 0.575. The van der Waals surface area contributed by atoms with Gasteiger partial charge in [-0.1, -0.05) is 0 Å². The van der Waals surface area contributed by atoms with E-state index in [1.165, 1.54) is 18.9 Å². The zero-order chi connectivity index (χ0) is 11.7. The molecule has 0 radical (unpaired) electrons. The van der Waals surface area contributed by atoms with Gasteiger partial charge in [0.15, 0.2) is 11.6 Å². The highest BCUT2D eigenvalue weighted by Gasteiger charge is 2.20. The van der Waals surface area contributed by atoms with Crippen molar-refractivity contribution in [2.75, 3.05) is 0 Å². The number of nitrogens with one attached hydrogen (secondary N) is 2. The zero-order valence-corrected chi connectivity index (χ0v) is 9.27. The molecule has 2 aromatic rings. The molecule has 1 aliphatic rings. The fourth-order valence-corrected chi connectivity index (χ4v) is 1.66. The van der Waals surface area contributed by atoms with Gasteiger partial charge in [-0.3, -0.25) is 4.79 Å². The third kappa shape index (κ3) is 2.45. The highest BCUT2D eigenvalue weighted by atomic mass is 16.3. The number of rotatable bonds is 4. The van der Waals surface area contributed by atoms with Crippen LogP contribution in [0.2, 0.25) is 0 Å². The third-order valence-corrected chi connectivity index (χ3v) is 2.70. The molecule has 0 bridgehead atoms. The maximum Gasteiger partial charge on any atom is 0.251 e. The summed E-state index contributed by atoms with van der Waals surface area (Å²) in [7, 11) is 0. The van der Waals surface area contributed by atoms with E-state index < -0.39 is 0 Å². The Balaban J connectivity index is 1.86. The Labute approximate surface area is 97.9 Å². The summed E-state index contributed by atoms with van der Waals surface area (Å²) in [4.78, 5) is 18.5. The molecule has 1 saturated carbocycles. The minimum Gasteiger partial charge on any atom is -0.461 e. The van der Waals surface area contributed by atoms with E-state index in [1.807, 2.05) is 0 Å². The van der Waals surface area contributed by atoms with Gasteiger partial charge in [0.25, 0.3) is 5.56 Å². The molecule has 0 aromatic carbocycles. The van der Waals surface area contributed by atoms with Crippen LogP contribution in [0, 0.1) is 0 Å². The largest absolute Gasteiger partial charge is 0.461 e. The summed E-state index contributed by atoms with van der Waals surface area (Å²) in [5.74, 6) is 1.06. The van der Waals surface area contributed by atoms with Crippen LogP contribution >= 0.6 is 0 Å². The van der Waals surface area contributed by atoms with Gasteiger partial charge in [0.1, 0.15) is 0 Å². The lowest BCUT2D eigenvalue weighted by Gasteiger charge is -2.03. The van der Waals surface area contributed by atoms with Crippen LogP contribution in [0.1, 0.15) is 18.5 Å². The molecule has 3 rings (SSSR count). The number of furan rings is 1. The fourth-order valence-electron chi connectivity index (χ4n) is 1.66. The lowest BCUT2D eigenvalue weighted by atomic mass is 10.3. The van der Waals surface area contributed by atoms with E-state index in [0.29, 0.717) is 24.2 Å². The predicted molar refractivity (Wildman–Crippen MR) is 62.4 cm³/mol. The summed E-state index contributed by atoms with van der Waals surface area (Å²) in [6.45, 7) is 0.627. The maximum absolute atomic E-state index is 11.5. The molecule has 0 unspecified atom stereocenters. The van der Waals surface area contributed by atoms with Crippen molar-refractivity contribution in [2.45, 2.75) is 25.4 Å². The van der Waals surface area contributed by atoms with E-state index in [-0.39, 0.29) is 5.56 Å². The molecule has 5 heteroatoms. The quantitative estimate of drug-likeness (QED) is 0.831. The molecular weight excluding hydrogens is 218 g/mol. The molecule has 1 aliphatic carbocycles. The number of hydrogen-bond donors (Lipinski definition) is 2. The second-order valence-corrected chi connectivity index (χ2v) is 4.22. The Bertz CT molecular complexity index is 555. The van der Waals surface area contributed by atoms with Crippen molar-refractivity contribution in [3.05, 3.63) is 40.5 Å². The summed E-state index contributed by atoms with van der Waals surface area (Å²) >= 11 is 0. The average molecular weight is 231 g/mol. The predicted octanol–water partition coefficient (Wildman–Crippen LogP) is 1.28. The topological polar surface area (TPSA) is 70.9 Å². The van der Waals surface area contributed by atoms with Crippen LogP contribution in [0.5, 0.6) is 0 Å². The van der Waals surface area contributed by atoms with Gasteiger partial charge in [-0.2, -0.15) is 0 Å².